The van der Waals surface area contributed by atoms with Gasteiger partial charge in [0.2, 0.25) is 0 Å². The van der Waals surface area contributed by atoms with Crippen molar-refractivity contribution in [3.05, 3.63) is 54.1 Å². The first kappa shape index (κ1) is 13.1. The highest BCUT2D eigenvalue weighted by Crippen LogP contribution is 2.30. The summed E-state index contributed by atoms with van der Waals surface area (Å²) in [5.41, 5.74) is 1.81. The zero-order valence-electron chi connectivity index (χ0n) is 8.88. The van der Waals surface area contributed by atoms with E-state index in [1.54, 1.807) is 17.7 Å². The summed E-state index contributed by atoms with van der Waals surface area (Å²) in [6.07, 6.45) is 0. The van der Waals surface area contributed by atoms with Crippen molar-refractivity contribution < 1.29 is 0 Å². The van der Waals surface area contributed by atoms with Gasteiger partial charge in [-0.3, -0.25) is 4.79 Å². The Hall–Kier alpha value is -0.390. The Morgan fingerprint density at radius 3 is 2.35 bits per heavy atom. The zero-order valence-corrected chi connectivity index (χ0v) is 13.6. The molecule has 0 amide bonds. The van der Waals surface area contributed by atoms with Gasteiger partial charge in [-0.05, 0) is 40.2 Å². The lowest BCUT2D eigenvalue weighted by atomic mass is 10.1. The summed E-state index contributed by atoms with van der Waals surface area (Å²) < 4.78 is 4.13. The predicted octanol–water partition coefficient (Wildman–Crippen LogP) is 4.34. The van der Waals surface area contributed by atoms with Gasteiger partial charge in [-0.15, -0.1) is 0 Å². The second-order valence-electron chi connectivity index (χ2n) is 3.55. The smallest absolute Gasteiger partial charge is 0.265 e. The highest BCUT2D eigenvalue weighted by molar-refractivity contribution is 9.11. The van der Waals surface area contributed by atoms with Crippen LogP contribution in [0.15, 0.2) is 48.5 Å². The van der Waals surface area contributed by atoms with Gasteiger partial charge in [0.25, 0.3) is 5.56 Å². The molecule has 2 rings (SSSR count). The Morgan fingerprint density at radius 2 is 1.71 bits per heavy atom. The van der Waals surface area contributed by atoms with E-state index in [1.165, 1.54) is 0 Å². The molecule has 0 saturated carbocycles. The minimum Gasteiger partial charge on any atom is -0.310 e. The molecule has 0 aliphatic heterocycles. The Morgan fingerprint density at radius 1 is 1.00 bits per heavy atom. The van der Waals surface area contributed by atoms with E-state index in [1.807, 2.05) is 24.3 Å². The molecule has 0 aliphatic carbocycles. The first-order chi connectivity index (χ1) is 8.00. The lowest BCUT2D eigenvalue weighted by Crippen LogP contribution is -2.18. The van der Waals surface area contributed by atoms with Crippen LogP contribution in [0.3, 0.4) is 0 Å². The van der Waals surface area contributed by atoms with Crippen molar-refractivity contribution in [3.8, 4) is 11.3 Å². The maximum absolute atomic E-state index is 11.8. The number of hydrogen-bond donors (Lipinski definition) is 0. The quantitative estimate of drug-likeness (QED) is 0.671. The van der Waals surface area contributed by atoms with Crippen LogP contribution in [0.4, 0.5) is 0 Å². The summed E-state index contributed by atoms with van der Waals surface area (Å²) in [6.45, 7) is 0. The largest absolute Gasteiger partial charge is 0.310 e. The van der Waals surface area contributed by atoms with Crippen molar-refractivity contribution in [2.75, 3.05) is 0 Å². The molecule has 0 N–H and O–H groups in total. The van der Waals surface area contributed by atoms with Gasteiger partial charge in [0, 0.05) is 21.6 Å². The second-order valence-corrected chi connectivity index (χ2v) is 6.18. The number of benzene rings is 1. The summed E-state index contributed by atoms with van der Waals surface area (Å²) >= 11 is 10.1. The first-order valence-corrected chi connectivity index (χ1v) is 7.19. The SMILES string of the molecule is Cn1c(-c2ccc(Br)cc2Br)ccc(Br)c1=O. The minimum atomic E-state index is -0.0441. The molecule has 1 aromatic heterocycles. The number of aromatic nitrogens is 1. The molecule has 0 spiro atoms. The average molecular weight is 422 g/mol. The van der Waals surface area contributed by atoms with Gasteiger partial charge in [0.1, 0.15) is 0 Å². The highest BCUT2D eigenvalue weighted by Gasteiger charge is 2.09. The molecule has 0 saturated heterocycles. The average Bonchev–Trinajstić information content (AvgIpc) is 2.28. The number of rotatable bonds is 1. The Labute approximate surface area is 124 Å². The van der Waals surface area contributed by atoms with Crippen LogP contribution in [0.2, 0.25) is 0 Å². The summed E-state index contributed by atoms with van der Waals surface area (Å²) in [5.74, 6) is 0. The molecule has 0 bridgehead atoms. The van der Waals surface area contributed by atoms with Gasteiger partial charge in [-0.1, -0.05) is 37.9 Å². The van der Waals surface area contributed by atoms with Crippen molar-refractivity contribution in [1.82, 2.24) is 4.57 Å². The Balaban J connectivity index is 2.69. The Bertz CT molecular complexity index is 634. The third-order valence-electron chi connectivity index (χ3n) is 2.46. The van der Waals surface area contributed by atoms with E-state index in [2.05, 4.69) is 47.8 Å². The molecule has 1 aromatic carbocycles. The van der Waals surface area contributed by atoms with Crippen LogP contribution in [0.5, 0.6) is 0 Å². The molecule has 5 heteroatoms. The van der Waals surface area contributed by atoms with E-state index in [-0.39, 0.29) is 5.56 Å². The number of nitrogens with zero attached hydrogens (tertiary/aromatic N) is 1. The molecular weight excluding hydrogens is 414 g/mol. The minimum absolute atomic E-state index is 0.0441. The molecule has 88 valence electrons. The molecule has 2 nitrogen and oxygen atoms in total. The standard InChI is InChI=1S/C12H8Br3NO/c1-16-11(5-4-9(14)12(16)17)8-3-2-7(13)6-10(8)15/h2-6H,1H3. The maximum atomic E-state index is 11.8. The van der Waals surface area contributed by atoms with E-state index in [0.29, 0.717) is 4.47 Å². The van der Waals surface area contributed by atoms with Gasteiger partial charge in [0.15, 0.2) is 0 Å². The first-order valence-electron chi connectivity index (χ1n) is 4.81. The van der Waals surface area contributed by atoms with Crippen LogP contribution in [0, 0.1) is 0 Å². The van der Waals surface area contributed by atoms with E-state index >= 15 is 0 Å². The van der Waals surface area contributed by atoms with Crippen LogP contribution in [0.1, 0.15) is 0 Å². The van der Waals surface area contributed by atoms with E-state index < -0.39 is 0 Å². The monoisotopic (exact) mass is 419 g/mol. The van der Waals surface area contributed by atoms with Crippen molar-refractivity contribution >= 4 is 47.8 Å². The van der Waals surface area contributed by atoms with Gasteiger partial charge in [-0.25, -0.2) is 0 Å². The zero-order chi connectivity index (χ0) is 12.6. The summed E-state index contributed by atoms with van der Waals surface area (Å²) in [7, 11) is 1.76. The fourth-order valence-corrected chi connectivity index (χ4v) is 3.22. The fraction of sp³-hybridized carbons (Fsp3) is 0.0833. The van der Waals surface area contributed by atoms with Gasteiger partial charge in [0.05, 0.1) is 10.2 Å². The van der Waals surface area contributed by atoms with Gasteiger partial charge in [-0.2, -0.15) is 0 Å². The summed E-state index contributed by atoms with van der Waals surface area (Å²) in [6, 6.07) is 9.57. The van der Waals surface area contributed by atoms with E-state index in [4.69, 9.17) is 0 Å². The fourth-order valence-electron chi connectivity index (χ4n) is 1.57. The molecule has 0 unspecified atom stereocenters. The predicted molar refractivity (Wildman–Crippen MR) is 80.2 cm³/mol. The molecule has 0 aliphatic rings. The molecule has 0 radical (unpaired) electrons. The molecule has 1 heterocycles. The molecule has 0 atom stereocenters. The van der Waals surface area contributed by atoms with Crippen LogP contribution >= 0.6 is 47.8 Å². The molecule has 17 heavy (non-hydrogen) atoms. The second kappa shape index (κ2) is 5.08. The lowest BCUT2D eigenvalue weighted by molar-refractivity contribution is 0.863. The van der Waals surface area contributed by atoms with Crippen LogP contribution in [-0.4, -0.2) is 4.57 Å². The topological polar surface area (TPSA) is 22.0 Å². The maximum Gasteiger partial charge on any atom is 0.265 e. The van der Waals surface area contributed by atoms with Gasteiger partial charge >= 0.3 is 0 Å². The number of hydrogen-bond acceptors (Lipinski definition) is 1. The van der Waals surface area contributed by atoms with Crippen molar-refractivity contribution in [3.63, 3.8) is 0 Å². The third-order valence-corrected chi connectivity index (χ3v) is 4.22. The van der Waals surface area contributed by atoms with Crippen molar-refractivity contribution in [2.45, 2.75) is 0 Å². The number of halogens is 3. The lowest BCUT2D eigenvalue weighted by Gasteiger charge is -2.10. The van der Waals surface area contributed by atoms with Crippen molar-refractivity contribution in [2.24, 2.45) is 7.05 Å². The van der Waals surface area contributed by atoms with Crippen molar-refractivity contribution in [1.29, 1.82) is 0 Å². The van der Waals surface area contributed by atoms with E-state index in [9.17, 15) is 4.79 Å². The van der Waals surface area contributed by atoms with Crippen LogP contribution in [0.25, 0.3) is 11.3 Å². The van der Waals surface area contributed by atoms with E-state index in [0.717, 1.165) is 20.2 Å². The highest BCUT2D eigenvalue weighted by atomic mass is 79.9. The molecular formula is C12H8Br3NO. The number of pyridine rings is 1. The van der Waals surface area contributed by atoms with Crippen LogP contribution in [-0.2, 0) is 7.05 Å². The Kier molecular flexibility index (Phi) is 3.90. The summed E-state index contributed by atoms with van der Waals surface area (Å²) in [4.78, 5) is 11.8. The molecule has 0 fully saturated rings. The van der Waals surface area contributed by atoms with Crippen LogP contribution < -0.4 is 5.56 Å². The molecule has 2 aromatic rings. The third kappa shape index (κ3) is 2.56. The summed E-state index contributed by atoms with van der Waals surface area (Å²) in [5, 5.41) is 0. The van der Waals surface area contributed by atoms with Gasteiger partial charge < -0.3 is 4.57 Å². The normalized spacial score (nSPS) is 10.6.